The normalized spacial score (nSPS) is 21.6. The van der Waals surface area contributed by atoms with E-state index in [1.165, 1.54) is 6.07 Å². The lowest BCUT2D eigenvalue weighted by Crippen LogP contribution is -2.48. The van der Waals surface area contributed by atoms with Crippen molar-refractivity contribution in [2.45, 2.75) is 12.6 Å². The first-order valence-corrected chi connectivity index (χ1v) is 6.23. The van der Waals surface area contributed by atoms with Gasteiger partial charge in [0.05, 0.1) is 6.61 Å². The minimum Gasteiger partial charge on any atom is -0.409 e. The molecule has 5 nitrogen and oxygen atoms in total. The number of amidine groups is 1. The first-order chi connectivity index (χ1) is 9.10. The van der Waals surface area contributed by atoms with Crippen LogP contribution in [-0.2, 0) is 11.3 Å². The lowest BCUT2D eigenvalue weighted by atomic mass is 10.1. The summed E-state index contributed by atoms with van der Waals surface area (Å²) in [5.74, 6) is -0.305. The highest BCUT2D eigenvalue weighted by atomic mass is 35.5. The number of nitrogens with zero attached hydrogens (tertiary/aromatic N) is 2. The molecule has 1 aromatic carbocycles. The number of morpholine rings is 1. The molecule has 19 heavy (non-hydrogen) atoms. The highest BCUT2D eigenvalue weighted by Crippen LogP contribution is 2.17. The molecule has 1 atom stereocenters. The summed E-state index contributed by atoms with van der Waals surface area (Å²) in [6.07, 6.45) is -0.464. The Labute approximate surface area is 115 Å². The molecular formula is C12H15ClFN3O2. The third kappa shape index (κ3) is 3.56. The molecule has 0 amide bonds. The van der Waals surface area contributed by atoms with E-state index in [4.69, 9.17) is 27.3 Å². The molecule has 1 aliphatic heterocycles. The lowest BCUT2D eigenvalue weighted by molar-refractivity contribution is 0.00105. The number of hydrogen-bond donors (Lipinski definition) is 2. The van der Waals surface area contributed by atoms with Crippen LogP contribution in [0.15, 0.2) is 23.4 Å². The Morgan fingerprint density at radius 2 is 2.42 bits per heavy atom. The topological polar surface area (TPSA) is 71.1 Å². The Bertz CT molecular complexity index is 484. The summed E-state index contributed by atoms with van der Waals surface area (Å²) in [5, 5.41) is 11.9. The molecule has 0 bridgehead atoms. The molecule has 1 aliphatic rings. The van der Waals surface area contributed by atoms with Gasteiger partial charge in [-0.15, -0.1) is 0 Å². The van der Waals surface area contributed by atoms with Gasteiger partial charge in [0.2, 0.25) is 0 Å². The summed E-state index contributed by atoms with van der Waals surface area (Å²) in [4.78, 5) is 1.98. The van der Waals surface area contributed by atoms with E-state index in [1.54, 1.807) is 12.1 Å². The zero-order valence-electron chi connectivity index (χ0n) is 10.2. The summed E-state index contributed by atoms with van der Waals surface area (Å²) in [6, 6.07) is 4.60. The van der Waals surface area contributed by atoms with Gasteiger partial charge in [0.1, 0.15) is 11.9 Å². The number of benzene rings is 1. The van der Waals surface area contributed by atoms with Crippen LogP contribution in [0.25, 0.3) is 0 Å². The first-order valence-electron chi connectivity index (χ1n) is 5.85. The Kier molecular flexibility index (Phi) is 4.57. The minimum absolute atomic E-state index is 0.0290. The SMILES string of the molecule is N/C(=N/O)C1CN(Cc2ccc(Cl)cc2F)CCO1. The van der Waals surface area contributed by atoms with Crippen molar-refractivity contribution in [2.75, 3.05) is 19.7 Å². The maximum atomic E-state index is 13.7. The molecule has 1 fully saturated rings. The van der Waals surface area contributed by atoms with Gasteiger partial charge in [0, 0.05) is 30.2 Å². The minimum atomic E-state index is -0.464. The van der Waals surface area contributed by atoms with Gasteiger partial charge in [0.25, 0.3) is 0 Å². The maximum Gasteiger partial charge on any atom is 0.169 e. The van der Waals surface area contributed by atoms with Crippen LogP contribution in [0.2, 0.25) is 5.02 Å². The summed E-state index contributed by atoms with van der Waals surface area (Å²) in [6.45, 7) is 2.01. The largest absolute Gasteiger partial charge is 0.409 e. The molecule has 0 spiro atoms. The van der Waals surface area contributed by atoms with Crippen molar-refractivity contribution in [3.63, 3.8) is 0 Å². The predicted octanol–water partition coefficient (Wildman–Crippen LogP) is 1.43. The average molecular weight is 288 g/mol. The van der Waals surface area contributed by atoms with Crippen LogP contribution in [-0.4, -0.2) is 41.7 Å². The molecule has 0 aliphatic carbocycles. The molecular weight excluding hydrogens is 273 g/mol. The molecule has 1 heterocycles. The van der Waals surface area contributed by atoms with E-state index in [0.29, 0.717) is 36.8 Å². The van der Waals surface area contributed by atoms with Gasteiger partial charge in [-0.1, -0.05) is 22.8 Å². The van der Waals surface area contributed by atoms with Crippen molar-refractivity contribution < 1.29 is 14.3 Å². The number of rotatable bonds is 3. The Morgan fingerprint density at radius 1 is 1.63 bits per heavy atom. The van der Waals surface area contributed by atoms with Gasteiger partial charge in [-0.05, 0) is 12.1 Å². The molecule has 0 saturated carbocycles. The molecule has 2 rings (SSSR count). The van der Waals surface area contributed by atoms with E-state index in [2.05, 4.69) is 5.16 Å². The van der Waals surface area contributed by atoms with Crippen LogP contribution in [0, 0.1) is 5.82 Å². The van der Waals surface area contributed by atoms with Crippen molar-refractivity contribution in [2.24, 2.45) is 10.9 Å². The number of oxime groups is 1. The third-order valence-electron chi connectivity index (χ3n) is 3.00. The van der Waals surface area contributed by atoms with E-state index in [0.717, 1.165) is 0 Å². The first kappa shape index (κ1) is 14.0. The second-order valence-electron chi connectivity index (χ2n) is 4.36. The maximum absolute atomic E-state index is 13.7. The van der Waals surface area contributed by atoms with Gasteiger partial charge in [0.15, 0.2) is 5.84 Å². The number of halogens is 2. The van der Waals surface area contributed by atoms with Crippen LogP contribution in [0.5, 0.6) is 0 Å². The standard InChI is InChI=1S/C12H15ClFN3O2/c13-9-2-1-8(10(14)5-9)6-17-3-4-19-11(7-17)12(15)16-18/h1-2,5,11,18H,3-4,6-7H2,(H2,15,16). The van der Waals surface area contributed by atoms with Gasteiger partial charge in [-0.2, -0.15) is 0 Å². The Balaban J connectivity index is 2.02. The van der Waals surface area contributed by atoms with Crippen molar-refractivity contribution in [1.82, 2.24) is 4.90 Å². The summed E-state index contributed by atoms with van der Waals surface area (Å²) in [7, 11) is 0. The van der Waals surface area contributed by atoms with Gasteiger partial charge >= 0.3 is 0 Å². The lowest BCUT2D eigenvalue weighted by Gasteiger charge is -2.32. The fraction of sp³-hybridized carbons (Fsp3) is 0.417. The Hall–Kier alpha value is -1.37. The fourth-order valence-electron chi connectivity index (χ4n) is 1.98. The summed E-state index contributed by atoms with van der Waals surface area (Å²) >= 11 is 5.71. The van der Waals surface area contributed by atoms with E-state index < -0.39 is 6.10 Å². The van der Waals surface area contributed by atoms with E-state index >= 15 is 0 Å². The highest BCUT2D eigenvalue weighted by Gasteiger charge is 2.24. The van der Waals surface area contributed by atoms with E-state index in [1.807, 2.05) is 4.90 Å². The van der Waals surface area contributed by atoms with Crippen molar-refractivity contribution >= 4 is 17.4 Å². The molecule has 0 aromatic heterocycles. The monoisotopic (exact) mass is 287 g/mol. The smallest absolute Gasteiger partial charge is 0.169 e. The number of hydrogen-bond acceptors (Lipinski definition) is 4. The zero-order chi connectivity index (χ0) is 13.8. The molecule has 104 valence electrons. The van der Waals surface area contributed by atoms with Crippen LogP contribution in [0.1, 0.15) is 5.56 Å². The predicted molar refractivity (Wildman–Crippen MR) is 69.8 cm³/mol. The summed E-state index contributed by atoms with van der Waals surface area (Å²) in [5.41, 5.74) is 6.07. The fourth-order valence-corrected chi connectivity index (χ4v) is 2.14. The van der Waals surface area contributed by atoms with E-state index in [9.17, 15) is 4.39 Å². The second kappa shape index (κ2) is 6.18. The second-order valence-corrected chi connectivity index (χ2v) is 4.79. The molecule has 1 saturated heterocycles. The Morgan fingerprint density at radius 3 is 3.11 bits per heavy atom. The molecule has 7 heteroatoms. The van der Waals surface area contributed by atoms with Crippen molar-refractivity contribution in [3.8, 4) is 0 Å². The quantitative estimate of drug-likeness (QED) is 0.382. The third-order valence-corrected chi connectivity index (χ3v) is 3.24. The van der Waals surface area contributed by atoms with Crippen LogP contribution in [0.3, 0.4) is 0 Å². The van der Waals surface area contributed by atoms with E-state index in [-0.39, 0.29) is 11.7 Å². The van der Waals surface area contributed by atoms with Crippen molar-refractivity contribution in [3.05, 3.63) is 34.6 Å². The molecule has 0 radical (unpaired) electrons. The van der Waals surface area contributed by atoms with Crippen LogP contribution in [0.4, 0.5) is 4.39 Å². The average Bonchev–Trinajstić information content (AvgIpc) is 2.41. The van der Waals surface area contributed by atoms with Crippen LogP contribution < -0.4 is 5.73 Å². The highest BCUT2D eigenvalue weighted by molar-refractivity contribution is 6.30. The van der Waals surface area contributed by atoms with Gasteiger partial charge < -0.3 is 15.7 Å². The van der Waals surface area contributed by atoms with Crippen molar-refractivity contribution in [1.29, 1.82) is 0 Å². The molecule has 1 unspecified atom stereocenters. The molecule has 3 N–H and O–H groups in total. The zero-order valence-corrected chi connectivity index (χ0v) is 11.0. The molecule has 1 aromatic rings. The summed E-state index contributed by atoms with van der Waals surface area (Å²) < 4.78 is 19.1. The number of ether oxygens (including phenoxy) is 1. The van der Waals surface area contributed by atoms with Gasteiger partial charge in [-0.3, -0.25) is 4.90 Å². The van der Waals surface area contributed by atoms with Gasteiger partial charge in [-0.25, -0.2) is 4.39 Å². The van der Waals surface area contributed by atoms with Crippen LogP contribution >= 0.6 is 11.6 Å². The number of nitrogens with two attached hydrogens (primary N) is 1.